The normalized spacial score (nSPS) is 26.5. The predicted molar refractivity (Wildman–Crippen MR) is 89.9 cm³/mol. The van der Waals surface area contributed by atoms with Crippen LogP contribution >= 0.6 is 0 Å². The minimum Gasteiger partial charge on any atom is -0.469 e. The van der Waals surface area contributed by atoms with E-state index >= 15 is 0 Å². The maximum absolute atomic E-state index is 12.7. The van der Waals surface area contributed by atoms with E-state index in [0.29, 0.717) is 12.2 Å². The number of methoxy groups -OCH3 is 1. The second-order valence-electron chi connectivity index (χ2n) is 7.24. The third kappa shape index (κ3) is 2.63. The third-order valence-electron chi connectivity index (χ3n) is 4.83. The van der Waals surface area contributed by atoms with Crippen LogP contribution in [-0.2, 0) is 14.3 Å². The molecule has 1 heterocycles. The van der Waals surface area contributed by atoms with Crippen molar-refractivity contribution in [1.82, 2.24) is 0 Å². The summed E-state index contributed by atoms with van der Waals surface area (Å²) >= 11 is 0. The van der Waals surface area contributed by atoms with E-state index in [1.54, 1.807) is 0 Å². The fraction of sp³-hybridized carbons (Fsp3) is 0.444. The van der Waals surface area contributed by atoms with Crippen molar-refractivity contribution in [3.05, 3.63) is 41.1 Å². The van der Waals surface area contributed by atoms with Crippen LogP contribution in [-0.4, -0.2) is 27.1 Å². The van der Waals surface area contributed by atoms with Gasteiger partial charge in [-0.2, -0.15) is 0 Å². The fourth-order valence-corrected chi connectivity index (χ4v) is 5.79. The van der Waals surface area contributed by atoms with Gasteiger partial charge in [-0.25, -0.2) is 0 Å². The average Bonchev–Trinajstić information content (AvgIpc) is 2.52. The molecule has 0 unspecified atom stereocenters. The maximum Gasteiger partial charge on any atom is 0.316 e. The van der Waals surface area contributed by atoms with Gasteiger partial charge >= 0.3 is 11.9 Å². The quantitative estimate of drug-likeness (QED) is 0.474. The first-order chi connectivity index (χ1) is 10.8. The molecule has 4 nitrogen and oxygen atoms in total. The molecule has 122 valence electrons. The molecule has 1 aromatic carbocycles. The van der Waals surface area contributed by atoms with Crippen LogP contribution in [0.1, 0.15) is 17.9 Å². The number of ether oxygens (including phenoxy) is 2. The SMILES string of the molecule is COC(=O)[C@H]1CC=C([Si](C)(C)C)[C@@H]2c3ccccc3OC(=O)[C@H]12. The average molecular weight is 330 g/mol. The monoisotopic (exact) mass is 330 g/mol. The summed E-state index contributed by atoms with van der Waals surface area (Å²) in [7, 11) is -0.264. The van der Waals surface area contributed by atoms with E-state index in [1.165, 1.54) is 12.3 Å². The van der Waals surface area contributed by atoms with Gasteiger partial charge < -0.3 is 9.47 Å². The fourth-order valence-electron chi connectivity index (χ4n) is 3.79. The maximum atomic E-state index is 12.7. The van der Waals surface area contributed by atoms with E-state index < -0.39 is 19.9 Å². The Morgan fingerprint density at radius 1 is 1.26 bits per heavy atom. The highest BCUT2D eigenvalue weighted by Crippen LogP contribution is 2.50. The van der Waals surface area contributed by atoms with Crippen LogP contribution in [0.3, 0.4) is 0 Å². The van der Waals surface area contributed by atoms with Crippen molar-refractivity contribution >= 4 is 20.0 Å². The van der Waals surface area contributed by atoms with E-state index in [9.17, 15) is 9.59 Å². The number of esters is 2. The molecule has 3 rings (SSSR count). The van der Waals surface area contributed by atoms with Crippen molar-refractivity contribution in [2.75, 3.05) is 7.11 Å². The van der Waals surface area contributed by atoms with E-state index in [1.807, 2.05) is 24.3 Å². The van der Waals surface area contributed by atoms with Gasteiger partial charge in [-0.3, -0.25) is 9.59 Å². The molecule has 0 fully saturated rings. The van der Waals surface area contributed by atoms with Gasteiger partial charge in [0.15, 0.2) is 0 Å². The Labute approximate surface area is 137 Å². The van der Waals surface area contributed by atoms with Crippen molar-refractivity contribution in [2.24, 2.45) is 11.8 Å². The molecule has 2 aliphatic rings. The van der Waals surface area contributed by atoms with Crippen LogP contribution in [0.4, 0.5) is 0 Å². The Morgan fingerprint density at radius 3 is 2.61 bits per heavy atom. The molecule has 0 spiro atoms. The largest absolute Gasteiger partial charge is 0.469 e. The second kappa shape index (κ2) is 5.64. The number of allylic oxidation sites excluding steroid dienone is 2. The molecule has 0 amide bonds. The number of hydrogen-bond acceptors (Lipinski definition) is 4. The number of carbonyl (C=O) groups is 2. The summed E-state index contributed by atoms with van der Waals surface area (Å²) in [5.74, 6) is -1.05. The van der Waals surface area contributed by atoms with Crippen molar-refractivity contribution in [3.63, 3.8) is 0 Å². The molecule has 0 saturated carbocycles. The highest BCUT2D eigenvalue weighted by Gasteiger charge is 2.50. The predicted octanol–water partition coefficient (Wildman–Crippen LogP) is 3.30. The molecule has 0 aromatic heterocycles. The van der Waals surface area contributed by atoms with Gasteiger partial charge in [-0.15, -0.1) is 0 Å². The summed E-state index contributed by atoms with van der Waals surface area (Å²) in [5.41, 5.74) is 1.01. The topological polar surface area (TPSA) is 52.6 Å². The zero-order valence-corrected chi connectivity index (χ0v) is 15.0. The van der Waals surface area contributed by atoms with Crippen molar-refractivity contribution < 1.29 is 19.1 Å². The van der Waals surface area contributed by atoms with E-state index in [-0.39, 0.29) is 17.9 Å². The summed E-state index contributed by atoms with van der Waals surface area (Å²) in [6.07, 6.45) is 2.72. The van der Waals surface area contributed by atoms with Crippen LogP contribution in [0.25, 0.3) is 0 Å². The van der Waals surface area contributed by atoms with Gasteiger partial charge in [-0.05, 0) is 12.5 Å². The van der Waals surface area contributed by atoms with Crippen LogP contribution in [0, 0.1) is 11.8 Å². The number of rotatable bonds is 2. The lowest BCUT2D eigenvalue weighted by Gasteiger charge is -2.43. The lowest BCUT2D eigenvalue weighted by atomic mass is 9.71. The molecular formula is C18H22O4Si. The number of para-hydroxylation sites is 1. The first-order valence-electron chi connectivity index (χ1n) is 7.93. The van der Waals surface area contributed by atoms with Crippen molar-refractivity contribution in [3.8, 4) is 5.75 Å². The highest BCUT2D eigenvalue weighted by atomic mass is 28.3. The summed E-state index contributed by atoms with van der Waals surface area (Å²) in [6.45, 7) is 6.82. The Bertz CT molecular complexity index is 687. The molecule has 3 atom stereocenters. The Balaban J connectivity index is 2.17. The first kappa shape index (κ1) is 16.0. The van der Waals surface area contributed by atoms with E-state index in [4.69, 9.17) is 9.47 Å². The summed E-state index contributed by atoms with van der Waals surface area (Å²) in [4.78, 5) is 24.8. The Morgan fingerprint density at radius 2 is 1.96 bits per heavy atom. The minimum atomic E-state index is -1.64. The van der Waals surface area contributed by atoms with Crippen LogP contribution in [0.15, 0.2) is 35.5 Å². The summed E-state index contributed by atoms with van der Waals surface area (Å²) in [5, 5.41) is 1.33. The lowest BCUT2D eigenvalue weighted by Crippen LogP contribution is -2.46. The van der Waals surface area contributed by atoms with E-state index in [2.05, 4.69) is 25.7 Å². The molecule has 0 saturated heterocycles. The van der Waals surface area contributed by atoms with Gasteiger partial charge in [0.2, 0.25) is 0 Å². The molecule has 0 radical (unpaired) electrons. The smallest absolute Gasteiger partial charge is 0.316 e. The Hall–Kier alpha value is -1.88. The third-order valence-corrected chi connectivity index (χ3v) is 7.07. The molecule has 1 aliphatic heterocycles. The highest BCUT2D eigenvalue weighted by molar-refractivity contribution is 6.83. The van der Waals surface area contributed by atoms with Crippen LogP contribution in [0.5, 0.6) is 5.75 Å². The van der Waals surface area contributed by atoms with Gasteiger partial charge in [0, 0.05) is 11.5 Å². The molecule has 1 aromatic rings. The number of fused-ring (bicyclic) bond motifs is 3. The number of carbonyl (C=O) groups excluding carboxylic acids is 2. The number of benzene rings is 1. The van der Waals surface area contributed by atoms with Crippen LogP contribution < -0.4 is 4.74 Å². The zero-order chi connectivity index (χ0) is 16.8. The van der Waals surface area contributed by atoms with E-state index in [0.717, 1.165) is 5.56 Å². The van der Waals surface area contributed by atoms with Crippen molar-refractivity contribution in [2.45, 2.75) is 32.0 Å². The first-order valence-corrected chi connectivity index (χ1v) is 11.4. The second-order valence-corrected chi connectivity index (χ2v) is 12.3. The van der Waals surface area contributed by atoms with Gasteiger partial charge in [0.05, 0.1) is 27.0 Å². The number of hydrogen-bond donors (Lipinski definition) is 0. The summed E-state index contributed by atoms with van der Waals surface area (Å²) < 4.78 is 10.5. The molecule has 0 N–H and O–H groups in total. The molecule has 1 aliphatic carbocycles. The van der Waals surface area contributed by atoms with Crippen molar-refractivity contribution in [1.29, 1.82) is 0 Å². The molecule has 0 bridgehead atoms. The summed E-state index contributed by atoms with van der Waals surface area (Å²) in [6, 6.07) is 7.66. The zero-order valence-electron chi connectivity index (χ0n) is 14.0. The van der Waals surface area contributed by atoms with Gasteiger partial charge in [0.25, 0.3) is 0 Å². The standard InChI is InChI=1S/C18H22O4Si/c1-21-17(19)12-9-10-14(23(2,3)4)15-11-7-5-6-8-13(11)22-18(20)16(12)15/h5-8,10,12,15-16H,9H2,1-4H3/t12-,15-,16+/m0/s1. The molecule has 23 heavy (non-hydrogen) atoms. The Kier molecular flexibility index (Phi) is 3.92. The minimum absolute atomic E-state index is 0.0723. The molecular weight excluding hydrogens is 308 g/mol. The van der Waals surface area contributed by atoms with Gasteiger partial charge in [-0.1, -0.05) is 49.1 Å². The lowest BCUT2D eigenvalue weighted by molar-refractivity contribution is -0.156. The molecule has 5 heteroatoms. The van der Waals surface area contributed by atoms with Crippen LogP contribution in [0.2, 0.25) is 19.6 Å². The van der Waals surface area contributed by atoms with Gasteiger partial charge in [0.1, 0.15) is 5.75 Å².